The molecular formula is C22H19F4N3O3. The monoisotopic (exact) mass is 449 g/mol. The lowest BCUT2D eigenvalue weighted by Crippen LogP contribution is -2.40. The molecule has 4 rings (SSSR count). The van der Waals surface area contributed by atoms with E-state index < -0.39 is 42.5 Å². The first-order valence-corrected chi connectivity index (χ1v) is 9.69. The van der Waals surface area contributed by atoms with Gasteiger partial charge in [-0.25, -0.2) is 14.4 Å². The van der Waals surface area contributed by atoms with Gasteiger partial charge in [-0.1, -0.05) is 24.0 Å². The second-order valence-corrected chi connectivity index (χ2v) is 7.71. The minimum Gasteiger partial charge on any atom is -0.394 e. The summed E-state index contributed by atoms with van der Waals surface area (Å²) in [5.74, 6) is 5.27. The summed E-state index contributed by atoms with van der Waals surface area (Å²) >= 11 is 0. The third-order valence-electron chi connectivity index (χ3n) is 5.51. The van der Waals surface area contributed by atoms with Crippen LogP contribution < -0.4 is 0 Å². The SMILES string of the molecule is Cc1ncnc2c1c(C#Cc1ccccc1C(F)(F)F)cn2[C@@H]1O[C@H](CO)[C@@H](O)[C@@]1(C)F. The molecule has 0 bridgehead atoms. The maximum absolute atomic E-state index is 15.4. The van der Waals surface area contributed by atoms with Gasteiger partial charge < -0.3 is 19.5 Å². The third kappa shape index (κ3) is 3.62. The number of aliphatic hydroxyl groups is 2. The molecule has 2 N–H and O–H groups in total. The molecule has 0 aliphatic carbocycles. The van der Waals surface area contributed by atoms with E-state index in [1.165, 1.54) is 35.3 Å². The van der Waals surface area contributed by atoms with Gasteiger partial charge in [0.05, 0.1) is 28.8 Å². The number of benzene rings is 1. The zero-order valence-electron chi connectivity index (χ0n) is 17.1. The maximum Gasteiger partial charge on any atom is 0.417 e. The number of rotatable bonds is 2. The second kappa shape index (κ2) is 7.85. The molecule has 1 aliphatic heterocycles. The topological polar surface area (TPSA) is 80.4 Å². The van der Waals surface area contributed by atoms with Crippen LogP contribution in [-0.4, -0.2) is 49.2 Å². The lowest BCUT2D eigenvalue weighted by molar-refractivity contribution is -0.137. The van der Waals surface area contributed by atoms with E-state index in [1.807, 2.05) is 0 Å². The highest BCUT2D eigenvalue weighted by molar-refractivity contribution is 5.86. The first-order chi connectivity index (χ1) is 15.1. The average molecular weight is 449 g/mol. The highest BCUT2D eigenvalue weighted by atomic mass is 19.4. The number of aryl methyl sites for hydroxylation is 1. The molecule has 1 fully saturated rings. The molecule has 168 valence electrons. The number of ether oxygens (including phenoxy) is 1. The van der Waals surface area contributed by atoms with Crippen LogP contribution in [0, 0.1) is 18.8 Å². The van der Waals surface area contributed by atoms with Crippen molar-refractivity contribution < 1.29 is 32.5 Å². The molecule has 0 radical (unpaired) electrons. The van der Waals surface area contributed by atoms with Crippen molar-refractivity contribution in [2.75, 3.05) is 6.61 Å². The van der Waals surface area contributed by atoms with Crippen molar-refractivity contribution in [1.29, 1.82) is 0 Å². The minimum absolute atomic E-state index is 0.210. The smallest absolute Gasteiger partial charge is 0.394 e. The van der Waals surface area contributed by atoms with E-state index in [2.05, 4.69) is 21.8 Å². The zero-order chi connectivity index (χ0) is 23.3. The van der Waals surface area contributed by atoms with Gasteiger partial charge in [0.1, 0.15) is 24.2 Å². The Kier molecular flexibility index (Phi) is 5.45. The van der Waals surface area contributed by atoms with Crippen molar-refractivity contribution in [3.63, 3.8) is 0 Å². The molecule has 10 heteroatoms. The van der Waals surface area contributed by atoms with E-state index in [-0.39, 0.29) is 16.8 Å². The van der Waals surface area contributed by atoms with E-state index >= 15 is 4.39 Å². The fraction of sp³-hybridized carbons (Fsp3) is 0.364. The summed E-state index contributed by atoms with van der Waals surface area (Å²) in [6.07, 6.45) is -5.99. The van der Waals surface area contributed by atoms with Gasteiger partial charge in [-0.3, -0.25) is 0 Å². The van der Waals surface area contributed by atoms with Gasteiger partial charge in [-0.05, 0) is 26.0 Å². The summed E-state index contributed by atoms with van der Waals surface area (Å²) in [6, 6.07) is 4.94. The Morgan fingerprint density at radius 2 is 1.88 bits per heavy atom. The van der Waals surface area contributed by atoms with Crippen molar-refractivity contribution in [1.82, 2.24) is 14.5 Å². The van der Waals surface area contributed by atoms with Crippen LogP contribution in [0.15, 0.2) is 36.8 Å². The molecule has 2 aromatic heterocycles. The lowest BCUT2D eigenvalue weighted by Gasteiger charge is -2.25. The Balaban J connectivity index is 1.86. The van der Waals surface area contributed by atoms with E-state index in [1.54, 1.807) is 6.92 Å². The fourth-order valence-corrected chi connectivity index (χ4v) is 3.85. The summed E-state index contributed by atoms with van der Waals surface area (Å²) in [6.45, 7) is 2.22. The molecule has 3 heterocycles. The minimum atomic E-state index is -4.57. The third-order valence-corrected chi connectivity index (χ3v) is 5.51. The molecule has 1 aromatic carbocycles. The summed E-state index contributed by atoms with van der Waals surface area (Å²) < 4.78 is 62.1. The Morgan fingerprint density at radius 1 is 1.19 bits per heavy atom. The van der Waals surface area contributed by atoms with E-state index in [0.29, 0.717) is 11.1 Å². The van der Waals surface area contributed by atoms with Crippen LogP contribution in [0.25, 0.3) is 11.0 Å². The normalized spacial score (nSPS) is 25.7. The molecule has 32 heavy (non-hydrogen) atoms. The van der Waals surface area contributed by atoms with Crippen LogP contribution in [0.4, 0.5) is 17.6 Å². The number of hydrogen-bond donors (Lipinski definition) is 2. The average Bonchev–Trinajstić information content (AvgIpc) is 3.21. The highest BCUT2D eigenvalue weighted by Crippen LogP contribution is 2.43. The van der Waals surface area contributed by atoms with Crippen LogP contribution in [0.5, 0.6) is 0 Å². The molecule has 0 unspecified atom stereocenters. The van der Waals surface area contributed by atoms with Crippen LogP contribution >= 0.6 is 0 Å². The van der Waals surface area contributed by atoms with Crippen molar-refractivity contribution >= 4 is 11.0 Å². The zero-order valence-corrected chi connectivity index (χ0v) is 17.1. The number of fused-ring (bicyclic) bond motifs is 1. The summed E-state index contributed by atoms with van der Waals surface area (Å²) in [5, 5.41) is 20.0. The Morgan fingerprint density at radius 3 is 2.53 bits per heavy atom. The largest absolute Gasteiger partial charge is 0.417 e. The number of hydrogen-bond acceptors (Lipinski definition) is 5. The second-order valence-electron chi connectivity index (χ2n) is 7.71. The molecular weight excluding hydrogens is 430 g/mol. The molecule has 1 aliphatic rings. The van der Waals surface area contributed by atoms with E-state index in [4.69, 9.17) is 4.74 Å². The lowest BCUT2D eigenvalue weighted by atomic mass is 9.98. The summed E-state index contributed by atoms with van der Waals surface area (Å²) in [4.78, 5) is 8.28. The molecule has 0 amide bonds. The van der Waals surface area contributed by atoms with E-state index in [0.717, 1.165) is 13.0 Å². The number of aliphatic hydroxyl groups excluding tert-OH is 2. The first-order valence-electron chi connectivity index (χ1n) is 9.69. The quantitative estimate of drug-likeness (QED) is 0.464. The van der Waals surface area contributed by atoms with Crippen LogP contribution in [0.2, 0.25) is 0 Å². The van der Waals surface area contributed by atoms with E-state index in [9.17, 15) is 23.4 Å². The van der Waals surface area contributed by atoms with Gasteiger partial charge in [-0.15, -0.1) is 0 Å². The van der Waals surface area contributed by atoms with Crippen LogP contribution in [-0.2, 0) is 10.9 Å². The predicted molar refractivity (Wildman–Crippen MR) is 106 cm³/mol. The maximum atomic E-state index is 15.4. The summed E-state index contributed by atoms with van der Waals surface area (Å²) in [7, 11) is 0. The van der Waals surface area contributed by atoms with Crippen LogP contribution in [0.1, 0.15) is 35.5 Å². The number of halogens is 4. The van der Waals surface area contributed by atoms with Gasteiger partial charge in [0.2, 0.25) is 0 Å². The van der Waals surface area contributed by atoms with Crippen LogP contribution in [0.3, 0.4) is 0 Å². The van der Waals surface area contributed by atoms with Gasteiger partial charge in [0, 0.05) is 11.8 Å². The van der Waals surface area contributed by atoms with Crippen molar-refractivity contribution in [2.24, 2.45) is 0 Å². The predicted octanol–water partition coefficient (Wildman–Crippen LogP) is 3.14. The van der Waals surface area contributed by atoms with Crippen molar-refractivity contribution in [2.45, 2.75) is 44.1 Å². The first kappa shape index (κ1) is 22.2. The van der Waals surface area contributed by atoms with Gasteiger partial charge >= 0.3 is 6.18 Å². The number of alkyl halides is 4. The van der Waals surface area contributed by atoms with Gasteiger partial charge in [0.25, 0.3) is 0 Å². The van der Waals surface area contributed by atoms with Gasteiger partial charge in [-0.2, -0.15) is 13.2 Å². The molecule has 1 saturated heterocycles. The number of nitrogens with zero attached hydrogens (tertiary/aromatic N) is 3. The van der Waals surface area contributed by atoms with Crippen molar-refractivity contribution in [3.05, 3.63) is 59.2 Å². The van der Waals surface area contributed by atoms with Gasteiger partial charge in [0.15, 0.2) is 11.9 Å². The molecule has 0 spiro atoms. The molecule has 4 atom stereocenters. The van der Waals surface area contributed by atoms with Crippen molar-refractivity contribution in [3.8, 4) is 11.8 Å². The number of aromatic nitrogens is 3. The Hall–Kier alpha value is -3.00. The Labute approximate surface area is 180 Å². The fourth-order valence-electron chi connectivity index (χ4n) is 3.85. The summed E-state index contributed by atoms with van der Waals surface area (Å²) in [5.41, 5.74) is -2.35. The molecule has 3 aromatic rings. The highest BCUT2D eigenvalue weighted by Gasteiger charge is 2.55. The Bertz CT molecular complexity index is 1230. The standard InChI is InChI=1S/C22H19F4N3O3/c1-12-17-14(8-7-13-5-3-4-6-15(13)22(24,25)26)9-29(19(17)28-11-27-12)20-21(2,23)18(31)16(10-30)32-20/h3-6,9,11,16,18,20,30-31H,10H2,1-2H3/t16-,18-,20-,21-/m1/s1. The molecule has 6 nitrogen and oxygen atoms in total. The molecule has 0 saturated carbocycles.